The van der Waals surface area contributed by atoms with Gasteiger partial charge < -0.3 is 14.6 Å². The SMILES string of the molecule is COCCCn1ccnc1NC(C)c1ccsc1. The van der Waals surface area contributed by atoms with Gasteiger partial charge in [0.1, 0.15) is 0 Å². The number of imidazole rings is 1. The zero-order valence-electron chi connectivity index (χ0n) is 10.8. The Kier molecular flexibility index (Phi) is 4.78. The van der Waals surface area contributed by atoms with Gasteiger partial charge in [0.05, 0.1) is 6.04 Å². The third-order valence-electron chi connectivity index (χ3n) is 2.85. The Morgan fingerprint density at radius 3 is 3.17 bits per heavy atom. The number of aromatic nitrogens is 2. The summed E-state index contributed by atoms with van der Waals surface area (Å²) >= 11 is 1.72. The first-order valence-corrected chi connectivity index (χ1v) is 7.04. The summed E-state index contributed by atoms with van der Waals surface area (Å²) in [4.78, 5) is 4.36. The van der Waals surface area contributed by atoms with Crippen molar-refractivity contribution in [3.8, 4) is 0 Å². The molecule has 0 saturated carbocycles. The fraction of sp³-hybridized carbons (Fsp3) is 0.462. The van der Waals surface area contributed by atoms with Gasteiger partial charge in [-0.1, -0.05) is 0 Å². The van der Waals surface area contributed by atoms with Crippen LogP contribution in [0.2, 0.25) is 0 Å². The van der Waals surface area contributed by atoms with E-state index in [4.69, 9.17) is 4.74 Å². The minimum absolute atomic E-state index is 0.278. The van der Waals surface area contributed by atoms with Gasteiger partial charge in [-0.3, -0.25) is 0 Å². The number of aryl methyl sites for hydroxylation is 1. The molecule has 0 bridgehead atoms. The molecule has 1 atom stereocenters. The van der Waals surface area contributed by atoms with E-state index >= 15 is 0 Å². The highest BCUT2D eigenvalue weighted by atomic mass is 32.1. The van der Waals surface area contributed by atoms with Crippen LogP contribution in [0.25, 0.3) is 0 Å². The van der Waals surface area contributed by atoms with Crippen LogP contribution in [0.1, 0.15) is 24.9 Å². The molecule has 0 radical (unpaired) electrons. The number of nitrogens with one attached hydrogen (secondary N) is 1. The summed E-state index contributed by atoms with van der Waals surface area (Å²) in [6.45, 7) is 3.85. The summed E-state index contributed by atoms with van der Waals surface area (Å²) in [5.41, 5.74) is 1.30. The van der Waals surface area contributed by atoms with Crippen LogP contribution >= 0.6 is 11.3 Å². The normalized spacial score (nSPS) is 12.6. The zero-order valence-corrected chi connectivity index (χ0v) is 11.6. The predicted octanol–water partition coefficient (Wildman–Crippen LogP) is 3.15. The number of methoxy groups -OCH3 is 1. The number of hydrogen-bond acceptors (Lipinski definition) is 4. The second kappa shape index (κ2) is 6.56. The van der Waals surface area contributed by atoms with Gasteiger partial charge in [0.25, 0.3) is 0 Å². The first-order valence-electron chi connectivity index (χ1n) is 6.10. The van der Waals surface area contributed by atoms with Crippen molar-refractivity contribution < 1.29 is 4.74 Å². The van der Waals surface area contributed by atoms with Crippen LogP contribution in [-0.4, -0.2) is 23.3 Å². The summed E-state index contributed by atoms with van der Waals surface area (Å²) in [6.07, 6.45) is 4.82. The number of nitrogens with zero attached hydrogens (tertiary/aromatic N) is 2. The lowest BCUT2D eigenvalue weighted by Crippen LogP contribution is -2.12. The Labute approximate surface area is 112 Å². The van der Waals surface area contributed by atoms with E-state index in [2.05, 4.69) is 38.6 Å². The summed E-state index contributed by atoms with van der Waals surface area (Å²) in [6, 6.07) is 2.42. The van der Waals surface area contributed by atoms with Gasteiger partial charge in [-0.05, 0) is 35.7 Å². The van der Waals surface area contributed by atoms with Gasteiger partial charge in [-0.15, -0.1) is 0 Å². The van der Waals surface area contributed by atoms with Gasteiger partial charge in [0.2, 0.25) is 5.95 Å². The van der Waals surface area contributed by atoms with Crippen molar-refractivity contribution in [2.75, 3.05) is 19.0 Å². The van der Waals surface area contributed by atoms with Gasteiger partial charge in [-0.25, -0.2) is 4.98 Å². The molecule has 1 unspecified atom stereocenters. The molecule has 4 nitrogen and oxygen atoms in total. The molecule has 0 amide bonds. The van der Waals surface area contributed by atoms with Crippen LogP contribution < -0.4 is 5.32 Å². The number of ether oxygens (including phenoxy) is 1. The molecule has 18 heavy (non-hydrogen) atoms. The average molecular weight is 265 g/mol. The molecule has 2 heterocycles. The minimum Gasteiger partial charge on any atom is -0.385 e. The summed E-state index contributed by atoms with van der Waals surface area (Å²) in [5, 5.41) is 7.70. The highest BCUT2D eigenvalue weighted by molar-refractivity contribution is 7.07. The second-order valence-corrected chi connectivity index (χ2v) is 4.99. The van der Waals surface area contributed by atoms with E-state index in [1.807, 2.05) is 12.4 Å². The number of hydrogen-bond donors (Lipinski definition) is 1. The maximum absolute atomic E-state index is 5.07. The zero-order chi connectivity index (χ0) is 12.8. The van der Waals surface area contributed by atoms with E-state index in [-0.39, 0.29) is 6.04 Å². The van der Waals surface area contributed by atoms with Crippen LogP contribution in [0.3, 0.4) is 0 Å². The van der Waals surface area contributed by atoms with E-state index in [0.717, 1.165) is 25.5 Å². The molecule has 98 valence electrons. The average Bonchev–Trinajstić information content (AvgIpc) is 3.01. The van der Waals surface area contributed by atoms with E-state index in [1.165, 1.54) is 5.56 Å². The minimum atomic E-state index is 0.278. The van der Waals surface area contributed by atoms with Crippen LogP contribution in [0.15, 0.2) is 29.2 Å². The number of rotatable bonds is 7. The second-order valence-electron chi connectivity index (χ2n) is 4.21. The molecule has 0 aliphatic heterocycles. The van der Waals surface area contributed by atoms with E-state index in [9.17, 15) is 0 Å². The van der Waals surface area contributed by atoms with Gasteiger partial charge in [-0.2, -0.15) is 11.3 Å². The Bertz CT molecular complexity index is 453. The third kappa shape index (κ3) is 3.34. The van der Waals surface area contributed by atoms with E-state index in [0.29, 0.717) is 0 Å². The largest absolute Gasteiger partial charge is 0.385 e. The Morgan fingerprint density at radius 2 is 2.44 bits per heavy atom. The van der Waals surface area contributed by atoms with E-state index < -0.39 is 0 Å². The van der Waals surface area contributed by atoms with Crippen molar-refractivity contribution in [1.82, 2.24) is 9.55 Å². The van der Waals surface area contributed by atoms with Gasteiger partial charge in [0, 0.05) is 32.7 Å². The number of thiophene rings is 1. The van der Waals surface area contributed by atoms with Crippen molar-refractivity contribution in [1.29, 1.82) is 0 Å². The molecule has 2 aromatic rings. The topological polar surface area (TPSA) is 39.1 Å². The van der Waals surface area contributed by atoms with Crippen molar-refractivity contribution in [3.05, 3.63) is 34.8 Å². The molecular weight excluding hydrogens is 246 g/mol. The molecule has 0 aromatic carbocycles. The van der Waals surface area contributed by atoms with Crippen LogP contribution in [0.4, 0.5) is 5.95 Å². The smallest absolute Gasteiger partial charge is 0.203 e. The molecule has 0 aliphatic carbocycles. The van der Waals surface area contributed by atoms with Crippen LogP contribution in [-0.2, 0) is 11.3 Å². The molecule has 0 spiro atoms. The quantitative estimate of drug-likeness (QED) is 0.782. The lowest BCUT2D eigenvalue weighted by atomic mass is 10.2. The number of anilines is 1. The Hall–Kier alpha value is -1.33. The third-order valence-corrected chi connectivity index (χ3v) is 3.55. The highest BCUT2D eigenvalue weighted by Gasteiger charge is 2.09. The standard InChI is InChI=1S/C13H19N3OS/c1-11(12-4-9-18-10-12)15-13-14-5-7-16(13)6-3-8-17-2/h4-5,7,9-11H,3,6,8H2,1-2H3,(H,14,15). The first kappa shape index (κ1) is 13.1. The molecule has 0 aliphatic rings. The van der Waals surface area contributed by atoms with Crippen molar-refractivity contribution >= 4 is 17.3 Å². The molecule has 1 N–H and O–H groups in total. The highest BCUT2D eigenvalue weighted by Crippen LogP contribution is 2.20. The van der Waals surface area contributed by atoms with Crippen LogP contribution in [0, 0.1) is 0 Å². The van der Waals surface area contributed by atoms with Crippen molar-refractivity contribution in [2.24, 2.45) is 0 Å². The maximum atomic E-state index is 5.07. The fourth-order valence-corrected chi connectivity index (χ4v) is 2.56. The maximum Gasteiger partial charge on any atom is 0.203 e. The molecule has 2 rings (SSSR count). The summed E-state index contributed by atoms with van der Waals surface area (Å²) in [7, 11) is 1.73. The predicted molar refractivity (Wildman–Crippen MR) is 75.1 cm³/mol. The van der Waals surface area contributed by atoms with Gasteiger partial charge >= 0.3 is 0 Å². The summed E-state index contributed by atoms with van der Waals surface area (Å²) < 4.78 is 7.19. The van der Waals surface area contributed by atoms with Crippen molar-refractivity contribution in [2.45, 2.75) is 25.9 Å². The van der Waals surface area contributed by atoms with Gasteiger partial charge in [0.15, 0.2) is 0 Å². The molecule has 2 aromatic heterocycles. The van der Waals surface area contributed by atoms with Crippen LogP contribution in [0.5, 0.6) is 0 Å². The Balaban J connectivity index is 1.94. The lowest BCUT2D eigenvalue weighted by molar-refractivity contribution is 0.190. The van der Waals surface area contributed by atoms with Crippen molar-refractivity contribution in [3.63, 3.8) is 0 Å². The molecular formula is C13H19N3OS. The van der Waals surface area contributed by atoms with E-state index in [1.54, 1.807) is 18.4 Å². The monoisotopic (exact) mass is 265 g/mol. The fourth-order valence-electron chi connectivity index (χ4n) is 1.81. The summed E-state index contributed by atoms with van der Waals surface area (Å²) in [5.74, 6) is 0.921. The lowest BCUT2D eigenvalue weighted by Gasteiger charge is -2.15. The molecule has 5 heteroatoms. The molecule has 0 saturated heterocycles. The first-order chi connectivity index (χ1) is 8.81. The Morgan fingerprint density at radius 1 is 1.56 bits per heavy atom. The molecule has 0 fully saturated rings.